The van der Waals surface area contributed by atoms with Crippen molar-refractivity contribution in [2.75, 3.05) is 25.0 Å². The highest BCUT2D eigenvalue weighted by atomic mass is 32.2. The van der Waals surface area contributed by atoms with Gasteiger partial charge in [0.25, 0.3) is 0 Å². The number of benzene rings is 2. The zero-order chi connectivity index (χ0) is 21.9. The van der Waals surface area contributed by atoms with Crippen molar-refractivity contribution >= 4 is 27.5 Å². The van der Waals surface area contributed by atoms with Crippen molar-refractivity contribution in [3.63, 3.8) is 0 Å². The second-order valence-electron chi connectivity index (χ2n) is 7.96. The standard InChI is InChI=1S/C22H26N2O5S/c1-15-10-16(2)14-24(13-15)30(28,29)20-5-3-4-18(11-20)21(25)12-23-19-8-6-17(7-9-19)22(26)27/h3-9,11,15-16,23H,10,12-14H2,1-2H3,(H,26,27). The normalized spacial score (nSPS) is 19.9. The molecule has 7 nitrogen and oxygen atoms in total. The van der Waals surface area contributed by atoms with E-state index in [4.69, 9.17) is 5.11 Å². The monoisotopic (exact) mass is 430 g/mol. The van der Waals surface area contributed by atoms with E-state index in [1.165, 1.54) is 28.6 Å². The van der Waals surface area contributed by atoms with Crippen LogP contribution in [0.4, 0.5) is 5.69 Å². The molecule has 0 saturated carbocycles. The summed E-state index contributed by atoms with van der Waals surface area (Å²) in [7, 11) is -3.66. The molecule has 3 rings (SSSR count). The number of carbonyl (C=O) groups is 2. The maximum absolute atomic E-state index is 13.1. The van der Waals surface area contributed by atoms with E-state index in [0.29, 0.717) is 36.2 Å². The largest absolute Gasteiger partial charge is 0.478 e. The average Bonchev–Trinajstić information content (AvgIpc) is 2.71. The number of Topliss-reactive ketones (excluding diaryl/α,β-unsaturated/α-hetero) is 1. The highest BCUT2D eigenvalue weighted by molar-refractivity contribution is 7.89. The number of piperidine rings is 1. The fourth-order valence-electron chi connectivity index (χ4n) is 3.80. The number of rotatable bonds is 7. The molecule has 0 spiro atoms. The first-order valence-electron chi connectivity index (χ1n) is 9.87. The number of carbonyl (C=O) groups excluding carboxylic acids is 1. The van der Waals surface area contributed by atoms with E-state index in [1.807, 2.05) is 13.8 Å². The Morgan fingerprint density at radius 1 is 1.03 bits per heavy atom. The van der Waals surface area contributed by atoms with Crippen molar-refractivity contribution in [1.29, 1.82) is 0 Å². The van der Waals surface area contributed by atoms with E-state index in [-0.39, 0.29) is 22.8 Å². The molecule has 0 radical (unpaired) electrons. The van der Waals surface area contributed by atoms with Crippen LogP contribution in [0.1, 0.15) is 41.0 Å². The summed E-state index contributed by atoms with van der Waals surface area (Å²) >= 11 is 0. The third kappa shape index (κ3) is 5.06. The Labute approximate surface area is 176 Å². The van der Waals surface area contributed by atoms with E-state index in [2.05, 4.69) is 5.32 Å². The van der Waals surface area contributed by atoms with E-state index >= 15 is 0 Å². The predicted octanol–water partition coefficient (Wildman–Crippen LogP) is 3.35. The van der Waals surface area contributed by atoms with Crippen molar-refractivity contribution in [3.8, 4) is 0 Å². The topological polar surface area (TPSA) is 104 Å². The molecule has 8 heteroatoms. The van der Waals surface area contributed by atoms with Gasteiger partial charge in [0, 0.05) is 24.3 Å². The van der Waals surface area contributed by atoms with Crippen LogP contribution in [0.5, 0.6) is 0 Å². The average molecular weight is 431 g/mol. The zero-order valence-electron chi connectivity index (χ0n) is 17.0. The number of aromatic carboxylic acids is 1. The number of hydrogen-bond donors (Lipinski definition) is 2. The third-order valence-electron chi connectivity index (χ3n) is 5.21. The molecule has 2 N–H and O–H groups in total. The highest BCUT2D eigenvalue weighted by Gasteiger charge is 2.31. The van der Waals surface area contributed by atoms with E-state index < -0.39 is 16.0 Å². The maximum Gasteiger partial charge on any atom is 0.335 e. The minimum absolute atomic E-state index is 0.0340. The summed E-state index contributed by atoms with van der Waals surface area (Å²) in [5, 5.41) is 11.9. The minimum atomic E-state index is -3.66. The first-order valence-corrected chi connectivity index (χ1v) is 11.3. The van der Waals surface area contributed by atoms with Crippen LogP contribution in [-0.2, 0) is 10.0 Å². The van der Waals surface area contributed by atoms with Crippen LogP contribution in [0.3, 0.4) is 0 Å². The van der Waals surface area contributed by atoms with Gasteiger partial charge in [0.1, 0.15) is 0 Å². The van der Waals surface area contributed by atoms with Crippen LogP contribution in [0, 0.1) is 11.8 Å². The second kappa shape index (κ2) is 8.97. The molecule has 1 fully saturated rings. The molecule has 2 atom stereocenters. The molecule has 0 bridgehead atoms. The van der Waals surface area contributed by atoms with Crippen LogP contribution < -0.4 is 5.32 Å². The van der Waals surface area contributed by atoms with Crippen LogP contribution in [0.25, 0.3) is 0 Å². The first-order chi connectivity index (χ1) is 14.2. The van der Waals surface area contributed by atoms with Gasteiger partial charge < -0.3 is 10.4 Å². The fourth-order valence-corrected chi connectivity index (χ4v) is 5.52. The molecule has 30 heavy (non-hydrogen) atoms. The highest BCUT2D eigenvalue weighted by Crippen LogP contribution is 2.27. The lowest BCUT2D eigenvalue weighted by Crippen LogP contribution is -2.42. The number of hydrogen-bond acceptors (Lipinski definition) is 5. The molecule has 2 aromatic carbocycles. The van der Waals surface area contributed by atoms with Crippen molar-refractivity contribution in [2.45, 2.75) is 25.2 Å². The Bertz CT molecular complexity index is 1020. The number of sulfonamides is 1. The van der Waals surface area contributed by atoms with Gasteiger partial charge in [-0.1, -0.05) is 26.0 Å². The van der Waals surface area contributed by atoms with Gasteiger partial charge in [-0.25, -0.2) is 13.2 Å². The molecule has 160 valence electrons. The lowest BCUT2D eigenvalue weighted by Gasteiger charge is -2.34. The molecule has 0 aliphatic carbocycles. The number of anilines is 1. The fraction of sp³-hybridized carbons (Fsp3) is 0.364. The molecule has 0 amide bonds. The van der Waals surface area contributed by atoms with Crippen LogP contribution in [0.15, 0.2) is 53.4 Å². The van der Waals surface area contributed by atoms with Crippen molar-refractivity contribution in [2.24, 2.45) is 11.8 Å². The van der Waals surface area contributed by atoms with E-state index in [9.17, 15) is 18.0 Å². The van der Waals surface area contributed by atoms with Gasteiger partial charge in [-0.2, -0.15) is 4.31 Å². The molecule has 1 aliphatic heterocycles. The summed E-state index contributed by atoms with van der Waals surface area (Å²) in [5.41, 5.74) is 1.07. The van der Waals surface area contributed by atoms with Crippen molar-refractivity contribution in [1.82, 2.24) is 4.31 Å². The summed E-state index contributed by atoms with van der Waals surface area (Å²) < 4.78 is 27.7. The number of nitrogens with zero attached hydrogens (tertiary/aromatic N) is 1. The summed E-state index contributed by atoms with van der Waals surface area (Å²) in [4.78, 5) is 23.6. The molecule has 2 aromatic rings. The Morgan fingerprint density at radius 2 is 1.67 bits per heavy atom. The molecular weight excluding hydrogens is 404 g/mol. The van der Waals surface area contributed by atoms with Gasteiger partial charge in [-0.15, -0.1) is 0 Å². The number of nitrogens with one attached hydrogen (secondary N) is 1. The van der Waals surface area contributed by atoms with Crippen molar-refractivity contribution in [3.05, 3.63) is 59.7 Å². The van der Waals surface area contributed by atoms with Crippen molar-refractivity contribution < 1.29 is 23.1 Å². The Kier molecular flexibility index (Phi) is 6.58. The summed E-state index contributed by atoms with van der Waals surface area (Å²) in [5.74, 6) is -0.682. The zero-order valence-corrected chi connectivity index (χ0v) is 17.9. The van der Waals surface area contributed by atoms with Gasteiger partial charge in [-0.05, 0) is 54.7 Å². The molecule has 1 heterocycles. The minimum Gasteiger partial charge on any atom is -0.478 e. The Morgan fingerprint density at radius 3 is 2.27 bits per heavy atom. The number of carboxylic acid groups (broad SMARTS) is 1. The Hall–Kier alpha value is -2.71. The van der Waals surface area contributed by atoms with Gasteiger partial charge in [0.05, 0.1) is 17.0 Å². The van der Waals surface area contributed by atoms with Crippen LogP contribution >= 0.6 is 0 Å². The molecular formula is C22H26N2O5S. The van der Waals surface area contributed by atoms with Gasteiger partial charge in [0.2, 0.25) is 10.0 Å². The summed E-state index contributed by atoms with van der Waals surface area (Å²) in [6.45, 7) is 5.03. The van der Waals surface area contributed by atoms with Gasteiger partial charge in [0.15, 0.2) is 5.78 Å². The van der Waals surface area contributed by atoms with Crippen LogP contribution in [0.2, 0.25) is 0 Å². The van der Waals surface area contributed by atoms with E-state index in [1.54, 1.807) is 24.3 Å². The van der Waals surface area contributed by atoms with Gasteiger partial charge in [-0.3, -0.25) is 4.79 Å². The summed E-state index contributed by atoms with van der Waals surface area (Å²) in [6.07, 6.45) is 1.00. The lowest BCUT2D eigenvalue weighted by atomic mass is 9.94. The summed E-state index contributed by atoms with van der Waals surface area (Å²) in [6, 6.07) is 12.2. The Balaban J connectivity index is 1.71. The second-order valence-corrected chi connectivity index (χ2v) is 9.89. The smallest absolute Gasteiger partial charge is 0.335 e. The third-order valence-corrected chi connectivity index (χ3v) is 7.04. The SMILES string of the molecule is CC1CC(C)CN(S(=O)(=O)c2cccc(C(=O)CNc3ccc(C(=O)O)cc3)c2)C1. The molecule has 1 aliphatic rings. The van der Waals surface area contributed by atoms with Crippen LogP contribution in [-0.4, -0.2) is 49.2 Å². The first kappa shape index (κ1) is 22.0. The lowest BCUT2D eigenvalue weighted by molar-refractivity contribution is 0.0696. The maximum atomic E-state index is 13.1. The molecule has 0 aromatic heterocycles. The number of carboxylic acids is 1. The molecule has 1 saturated heterocycles. The quantitative estimate of drug-likeness (QED) is 0.653. The molecule has 2 unspecified atom stereocenters. The number of ketones is 1. The van der Waals surface area contributed by atoms with Gasteiger partial charge >= 0.3 is 5.97 Å². The van der Waals surface area contributed by atoms with E-state index in [0.717, 1.165) is 6.42 Å². The predicted molar refractivity (Wildman–Crippen MR) is 114 cm³/mol.